The van der Waals surface area contributed by atoms with Gasteiger partial charge in [-0.15, -0.1) is 0 Å². The summed E-state index contributed by atoms with van der Waals surface area (Å²) in [4.78, 5) is 0. The van der Waals surface area contributed by atoms with E-state index in [0.29, 0.717) is 0 Å². The molecule has 0 fully saturated rings. The van der Waals surface area contributed by atoms with Gasteiger partial charge in [-0.1, -0.05) is 37.3 Å². The zero-order valence-electron chi connectivity index (χ0n) is 10.3. The van der Waals surface area contributed by atoms with Gasteiger partial charge in [-0.2, -0.15) is 0 Å². The van der Waals surface area contributed by atoms with Gasteiger partial charge in [0.05, 0.1) is 6.61 Å². The van der Waals surface area contributed by atoms with Crippen LogP contribution in [0.2, 0.25) is 19.6 Å². The maximum Gasteiger partial charge on any atom is 0.183 e. The Balaban J connectivity index is 3.32. The maximum atomic E-state index is 5.71. The monoisotopic (exact) mass is 265 g/mol. The number of nitrogens with one attached hydrogen (secondary N) is 1. The minimum Gasteiger partial charge on any atom is -0.416 e. The molecule has 90 valence electrons. The molecule has 0 aliphatic carbocycles. The molecule has 2 nitrogen and oxygen atoms in total. The van der Waals surface area contributed by atoms with E-state index in [2.05, 4.69) is 31.9 Å². The second-order valence-electron chi connectivity index (χ2n) is 4.38. The molecule has 0 saturated carbocycles. The average Bonchev–Trinajstić information content (AvgIpc) is 2.11. The fraction of sp³-hybridized carbons (Fsp3) is 0.900. The molecular weight excluding hydrogens is 242 g/mol. The number of rotatable bonds is 7. The van der Waals surface area contributed by atoms with Crippen molar-refractivity contribution in [1.82, 2.24) is 5.32 Å². The molecule has 0 aromatic heterocycles. The van der Waals surface area contributed by atoms with Gasteiger partial charge < -0.3 is 9.74 Å². The lowest BCUT2D eigenvalue weighted by Gasteiger charge is -2.17. The Morgan fingerprint density at radius 1 is 1.40 bits per heavy atom. The van der Waals surface area contributed by atoms with E-state index in [1.54, 1.807) is 11.8 Å². The summed E-state index contributed by atoms with van der Waals surface area (Å²) in [6.45, 7) is 10.4. The lowest BCUT2D eigenvalue weighted by molar-refractivity contribution is 0.317. The molecular formula is C10H23NOS2Si. The predicted octanol–water partition coefficient (Wildman–Crippen LogP) is 3.25. The summed E-state index contributed by atoms with van der Waals surface area (Å²) in [5, 5.41) is 3.21. The summed E-state index contributed by atoms with van der Waals surface area (Å²) in [6, 6.07) is 0. The SMILES string of the molecule is CCCCSC(=S)NCCO[Si](C)(C)C. The Kier molecular flexibility index (Phi) is 8.79. The van der Waals surface area contributed by atoms with Gasteiger partial charge in [0, 0.05) is 12.3 Å². The maximum absolute atomic E-state index is 5.71. The predicted molar refractivity (Wildman–Crippen MR) is 77.3 cm³/mol. The van der Waals surface area contributed by atoms with Crippen LogP contribution >= 0.6 is 24.0 Å². The van der Waals surface area contributed by atoms with Crippen molar-refractivity contribution in [2.45, 2.75) is 39.4 Å². The van der Waals surface area contributed by atoms with Crippen LogP contribution in [0, 0.1) is 0 Å². The molecule has 0 aromatic carbocycles. The highest BCUT2D eigenvalue weighted by Crippen LogP contribution is 2.05. The molecule has 0 rings (SSSR count). The Labute approximate surface area is 105 Å². The third kappa shape index (κ3) is 12.3. The first-order valence-electron chi connectivity index (χ1n) is 5.50. The molecule has 0 amide bonds. The second kappa shape index (κ2) is 8.56. The van der Waals surface area contributed by atoms with E-state index in [4.69, 9.17) is 16.6 Å². The molecule has 0 heterocycles. The van der Waals surface area contributed by atoms with Crippen LogP contribution in [0.3, 0.4) is 0 Å². The second-order valence-corrected chi connectivity index (χ2v) is 10.7. The molecule has 0 spiro atoms. The van der Waals surface area contributed by atoms with Gasteiger partial charge >= 0.3 is 0 Å². The lowest BCUT2D eigenvalue weighted by atomic mass is 10.4. The topological polar surface area (TPSA) is 21.3 Å². The molecule has 0 aromatic rings. The van der Waals surface area contributed by atoms with Crippen LogP contribution in [0.15, 0.2) is 0 Å². The van der Waals surface area contributed by atoms with E-state index in [1.807, 2.05) is 0 Å². The van der Waals surface area contributed by atoms with Crippen LogP contribution < -0.4 is 5.32 Å². The standard InChI is InChI=1S/C10H23NOS2Si/c1-5-6-9-14-10(13)11-7-8-12-15(2,3)4/h5-9H2,1-4H3,(H,11,13). The number of hydrogen-bond donors (Lipinski definition) is 1. The highest BCUT2D eigenvalue weighted by molar-refractivity contribution is 8.22. The molecule has 5 heteroatoms. The van der Waals surface area contributed by atoms with Gasteiger partial charge in [0.1, 0.15) is 4.32 Å². The first-order valence-corrected chi connectivity index (χ1v) is 10.3. The Morgan fingerprint density at radius 3 is 2.60 bits per heavy atom. The fourth-order valence-corrected chi connectivity index (χ4v) is 2.76. The van der Waals surface area contributed by atoms with Gasteiger partial charge in [0.15, 0.2) is 8.32 Å². The molecule has 1 N–H and O–H groups in total. The third-order valence-corrected chi connectivity index (χ3v) is 4.10. The molecule has 0 radical (unpaired) electrons. The quantitative estimate of drug-likeness (QED) is 0.433. The van der Waals surface area contributed by atoms with E-state index >= 15 is 0 Å². The van der Waals surface area contributed by atoms with Crippen molar-refractivity contribution in [3.8, 4) is 0 Å². The summed E-state index contributed by atoms with van der Waals surface area (Å²) < 4.78 is 6.62. The van der Waals surface area contributed by atoms with Crippen LogP contribution in [-0.4, -0.2) is 31.5 Å². The molecule has 0 aliphatic heterocycles. The van der Waals surface area contributed by atoms with Gasteiger partial charge in [-0.25, -0.2) is 0 Å². The van der Waals surface area contributed by atoms with Crippen molar-refractivity contribution < 1.29 is 4.43 Å². The summed E-state index contributed by atoms with van der Waals surface area (Å²) >= 11 is 6.92. The molecule has 0 bridgehead atoms. The molecule has 0 aliphatic rings. The normalized spacial score (nSPS) is 11.5. The first-order chi connectivity index (χ1) is 6.95. The lowest BCUT2D eigenvalue weighted by Crippen LogP contribution is -2.31. The first kappa shape index (κ1) is 15.4. The summed E-state index contributed by atoms with van der Waals surface area (Å²) in [7, 11) is -1.35. The van der Waals surface area contributed by atoms with Gasteiger partial charge in [0.2, 0.25) is 0 Å². The fourth-order valence-electron chi connectivity index (χ4n) is 0.871. The van der Waals surface area contributed by atoms with Crippen molar-refractivity contribution in [3.63, 3.8) is 0 Å². The number of hydrogen-bond acceptors (Lipinski definition) is 3. The summed E-state index contributed by atoms with van der Waals surface area (Å²) in [6.07, 6.45) is 2.46. The third-order valence-electron chi connectivity index (χ3n) is 1.64. The average molecular weight is 266 g/mol. The zero-order chi connectivity index (χ0) is 11.7. The minimum atomic E-state index is -1.35. The van der Waals surface area contributed by atoms with Gasteiger partial charge in [0.25, 0.3) is 0 Å². The van der Waals surface area contributed by atoms with Crippen LogP contribution in [0.25, 0.3) is 0 Å². The van der Waals surface area contributed by atoms with Crippen molar-refractivity contribution >= 4 is 36.6 Å². The van der Waals surface area contributed by atoms with Crippen molar-refractivity contribution in [3.05, 3.63) is 0 Å². The van der Waals surface area contributed by atoms with Gasteiger partial charge in [-0.3, -0.25) is 0 Å². The summed E-state index contributed by atoms with van der Waals surface area (Å²) in [5.74, 6) is 1.12. The van der Waals surface area contributed by atoms with Crippen LogP contribution in [0.4, 0.5) is 0 Å². The molecule has 0 saturated heterocycles. The van der Waals surface area contributed by atoms with Crippen LogP contribution in [0.5, 0.6) is 0 Å². The van der Waals surface area contributed by atoms with Crippen molar-refractivity contribution in [2.75, 3.05) is 18.9 Å². The Hall–Kier alpha value is 0.417. The van der Waals surface area contributed by atoms with Crippen molar-refractivity contribution in [2.24, 2.45) is 0 Å². The van der Waals surface area contributed by atoms with E-state index in [1.165, 1.54) is 12.8 Å². The van der Waals surface area contributed by atoms with E-state index in [-0.39, 0.29) is 0 Å². The van der Waals surface area contributed by atoms with Crippen LogP contribution in [0.1, 0.15) is 19.8 Å². The van der Waals surface area contributed by atoms with Gasteiger partial charge in [-0.05, 0) is 26.1 Å². The van der Waals surface area contributed by atoms with E-state index in [0.717, 1.165) is 23.2 Å². The summed E-state index contributed by atoms with van der Waals surface area (Å²) in [5.41, 5.74) is 0. The highest BCUT2D eigenvalue weighted by Gasteiger charge is 2.13. The number of unbranched alkanes of at least 4 members (excludes halogenated alkanes) is 1. The van der Waals surface area contributed by atoms with Crippen LogP contribution in [-0.2, 0) is 4.43 Å². The van der Waals surface area contributed by atoms with E-state index in [9.17, 15) is 0 Å². The molecule has 0 atom stereocenters. The largest absolute Gasteiger partial charge is 0.416 e. The Bertz CT molecular complexity index is 183. The number of thiocarbonyl (C=S) groups is 1. The highest BCUT2D eigenvalue weighted by atomic mass is 32.2. The smallest absolute Gasteiger partial charge is 0.183 e. The zero-order valence-corrected chi connectivity index (χ0v) is 12.9. The molecule has 15 heavy (non-hydrogen) atoms. The molecule has 0 unspecified atom stereocenters. The van der Waals surface area contributed by atoms with Crippen molar-refractivity contribution in [1.29, 1.82) is 0 Å². The minimum absolute atomic E-state index is 0.768. The van der Waals surface area contributed by atoms with E-state index < -0.39 is 8.32 Å². The number of thioether (sulfide) groups is 1. The Morgan fingerprint density at radius 2 is 2.07 bits per heavy atom.